The molecular weight excluding hydrogens is 352 g/mol. The van der Waals surface area contributed by atoms with E-state index in [1.54, 1.807) is 11.0 Å². The Kier molecular flexibility index (Phi) is 4.65. The molecule has 0 saturated heterocycles. The van der Waals surface area contributed by atoms with Gasteiger partial charge < -0.3 is 10.3 Å². The van der Waals surface area contributed by atoms with Crippen molar-refractivity contribution in [2.24, 2.45) is 5.41 Å². The summed E-state index contributed by atoms with van der Waals surface area (Å²) in [6.07, 6.45) is 2.16. The minimum absolute atomic E-state index is 0.0657. The number of fused-ring (bicyclic) bond motifs is 1. The van der Waals surface area contributed by atoms with Crippen LogP contribution in [0.4, 0.5) is 0 Å². The van der Waals surface area contributed by atoms with Crippen LogP contribution in [0.2, 0.25) is 0 Å². The van der Waals surface area contributed by atoms with Crippen LogP contribution in [0.15, 0.2) is 60.9 Å². The van der Waals surface area contributed by atoms with Crippen molar-refractivity contribution in [3.63, 3.8) is 0 Å². The molecule has 0 aliphatic rings. The Balaban J connectivity index is 1.39. The molecule has 4 rings (SSSR count). The van der Waals surface area contributed by atoms with E-state index in [2.05, 4.69) is 25.4 Å². The van der Waals surface area contributed by atoms with Crippen molar-refractivity contribution >= 4 is 16.9 Å². The molecule has 1 amide bonds. The van der Waals surface area contributed by atoms with Crippen molar-refractivity contribution in [1.29, 1.82) is 0 Å². The molecule has 0 radical (unpaired) electrons. The van der Waals surface area contributed by atoms with E-state index in [4.69, 9.17) is 0 Å². The van der Waals surface area contributed by atoms with Crippen LogP contribution < -0.4 is 5.32 Å². The van der Waals surface area contributed by atoms with Crippen LogP contribution in [0.25, 0.3) is 16.7 Å². The van der Waals surface area contributed by atoms with Crippen LogP contribution >= 0.6 is 0 Å². The number of rotatable bonds is 6. The van der Waals surface area contributed by atoms with Gasteiger partial charge >= 0.3 is 0 Å². The molecule has 0 unspecified atom stereocenters. The summed E-state index contributed by atoms with van der Waals surface area (Å²) in [5, 5.41) is 7.36. The first-order chi connectivity index (χ1) is 13.5. The fraction of sp³-hybridized carbons (Fsp3) is 0.238. The second kappa shape index (κ2) is 7.26. The Hall–Kier alpha value is -3.48. The molecule has 2 aromatic heterocycles. The van der Waals surface area contributed by atoms with Gasteiger partial charge in [0.05, 0.1) is 28.7 Å². The second-order valence-corrected chi connectivity index (χ2v) is 7.38. The standard InChI is InChI=1S/C21H22N6O/c1-21(2,12-18-24-16-10-6-7-11-17(16)25-18)20(28)22-13-19-23-14-27(26-19)15-8-4-3-5-9-15/h3-11,14H,12-13H2,1-2H3,(H,22,28)(H,24,25). The van der Waals surface area contributed by atoms with Crippen molar-refractivity contribution in [2.45, 2.75) is 26.8 Å². The number of hydrogen-bond acceptors (Lipinski definition) is 4. The summed E-state index contributed by atoms with van der Waals surface area (Å²) in [5.41, 5.74) is 2.20. The number of carbonyl (C=O) groups excluding carboxylic acids is 1. The van der Waals surface area contributed by atoms with Crippen molar-refractivity contribution in [1.82, 2.24) is 30.0 Å². The van der Waals surface area contributed by atoms with Gasteiger partial charge in [0, 0.05) is 6.42 Å². The number of aromatic nitrogens is 5. The predicted octanol–water partition coefficient (Wildman–Crippen LogP) is 3.03. The van der Waals surface area contributed by atoms with Gasteiger partial charge in [-0.1, -0.05) is 44.2 Å². The van der Waals surface area contributed by atoms with Gasteiger partial charge in [-0.05, 0) is 24.3 Å². The average Bonchev–Trinajstić information content (AvgIpc) is 3.32. The molecule has 0 saturated carbocycles. The number of nitrogens with one attached hydrogen (secondary N) is 2. The van der Waals surface area contributed by atoms with E-state index in [9.17, 15) is 4.79 Å². The lowest BCUT2D eigenvalue weighted by molar-refractivity contribution is -0.129. The number of hydrogen-bond donors (Lipinski definition) is 2. The number of nitrogens with zero attached hydrogens (tertiary/aromatic N) is 4. The monoisotopic (exact) mass is 374 g/mol. The highest BCUT2D eigenvalue weighted by atomic mass is 16.2. The van der Waals surface area contributed by atoms with Crippen molar-refractivity contribution in [2.75, 3.05) is 0 Å². The highest BCUT2D eigenvalue weighted by molar-refractivity contribution is 5.82. The van der Waals surface area contributed by atoms with Gasteiger partial charge in [-0.3, -0.25) is 4.79 Å². The third-order valence-corrected chi connectivity index (χ3v) is 4.63. The number of H-pyrrole nitrogens is 1. The van der Waals surface area contributed by atoms with E-state index >= 15 is 0 Å². The van der Waals surface area contributed by atoms with Crippen molar-refractivity contribution in [3.8, 4) is 5.69 Å². The maximum atomic E-state index is 12.7. The number of amides is 1. The first-order valence-corrected chi connectivity index (χ1v) is 9.19. The van der Waals surface area contributed by atoms with E-state index in [1.165, 1.54) is 0 Å². The molecule has 0 atom stereocenters. The number of carbonyl (C=O) groups is 1. The highest BCUT2D eigenvalue weighted by Crippen LogP contribution is 2.22. The van der Waals surface area contributed by atoms with Crippen LogP contribution in [0.1, 0.15) is 25.5 Å². The van der Waals surface area contributed by atoms with E-state index in [0.717, 1.165) is 22.5 Å². The first-order valence-electron chi connectivity index (χ1n) is 9.19. The normalized spacial score (nSPS) is 11.6. The molecule has 4 aromatic rings. The molecule has 2 N–H and O–H groups in total. The summed E-state index contributed by atoms with van der Waals surface area (Å²) in [7, 11) is 0. The summed E-state index contributed by atoms with van der Waals surface area (Å²) >= 11 is 0. The zero-order valence-electron chi connectivity index (χ0n) is 15.9. The first kappa shape index (κ1) is 17.9. The molecule has 0 bridgehead atoms. The second-order valence-electron chi connectivity index (χ2n) is 7.38. The van der Waals surface area contributed by atoms with Crippen LogP contribution in [0, 0.1) is 5.41 Å². The maximum absolute atomic E-state index is 12.7. The van der Waals surface area contributed by atoms with E-state index in [1.807, 2.05) is 68.4 Å². The van der Waals surface area contributed by atoms with Crippen LogP contribution in [-0.2, 0) is 17.8 Å². The Bertz CT molecular complexity index is 1060. The SMILES string of the molecule is CC(C)(Cc1nc2ccccc2[nH]1)C(=O)NCc1ncn(-c2ccccc2)n1. The van der Waals surface area contributed by atoms with Crippen LogP contribution in [-0.4, -0.2) is 30.6 Å². The lowest BCUT2D eigenvalue weighted by atomic mass is 9.88. The van der Waals surface area contributed by atoms with Gasteiger partial charge in [-0.25, -0.2) is 14.6 Å². The van der Waals surface area contributed by atoms with E-state index < -0.39 is 5.41 Å². The third kappa shape index (κ3) is 3.78. The lowest BCUT2D eigenvalue weighted by Crippen LogP contribution is -2.38. The fourth-order valence-corrected chi connectivity index (χ4v) is 3.07. The molecule has 2 aromatic carbocycles. The number of para-hydroxylation sites is 3. The largest absolute Gasteiger partial charge is 0.348 e. The molecule has 28 heavy (non-hydrogen) atoms. The Labute approximate surface area is 162 Å². The minimum atomic E-state index is -0.615. The maximum Gasteiger partial charge on any atom is 0.226 e. The van der Waals surface area contributed by atoms with Gasteiger partial charge in [-0.2, -0.15) is 0 Å². The van der Waals surface area contributed by atoms with Gasteiger partial charge in [0.1, 0.15) is 12.2 Å². The smallest absolute Gasteiger partial charge is 0.226 e. The summed E-state index contributed by atoms with van der Waals surface area (Å²) < 4.78 is 1.70. The minimum Gasteiger partial charge on any atom is -0.348 e. The van der Waals surface area contributed by atoms with E-state index in [0.29, 0.717) is 12.2 Å². The molecule has 7 heteroatoms. The van der Waals surface area contributed by atoms with Crippen LogP contribution in [0.3, 0.4) is 0 Å². The molecule has 7 nitrogen and oxygen atoms in total. The predicted molar refractivity (Wildman–Crippen MR) is 107 cm³/mol. The summed E-state index contributed by atoms with van der Waals surface area (Å²) in [4.78, 5) is 24.9. The molecule has 0 spiro atoms. The van der Waals surface area contributed by atoms with Gasteiger partial charge in [-0.15, -0.1) is 5.10 Å². The molecule has 0 fully saturated rings. The zero-order chi connectivity index (χ0) is 19.6. The number of aromatic amines is 1. The molecule has 2 heterocycles. The highest BCUT2D eigenvalue weighted by Gasteiger charge is 2.29. The van der Waals surface area contributed by atoms with Gasteiger partial charge in [0.25, 0.3) is 0 Å². The Morgan fingerprint density at radius 2 is 1.86 bits per heavy atom. The quantitative estimate of drug-likeness (QED) is 0.543. The molecule has 0 aliphatic heterocycles. The van der Waals surface area contributed by atoms with Crippen molar-refractivity contribution < 1.29 is 4.79 Å². The molecular formula is C21H22N6O. The Morgan fingerprint density at radius 3 is 2.64 bits per heavy atom. The number of imidazole rings is 1. The average molecular weight is 374 g/mol. The topological polar surface area (TPSA) is 88.5 Å². The summed E-state index contributed by atoms with van der Waals surface area (Å²) in [6.45, 7) is 4.10. The van der Waals surface area contributed by atoms with Gasteiger partial charge in [0.15, 0.2) is 5.82 Å². The van der Waals surface area contributed by atoms with Gasteiger partial charge in [0.2, 0.25) is 5.91 Å². The fourth-order valence-electron chi connectivity index (χ4n) is 3.07. The Morgan fingerprint density at radius 1 is 1.11 bits per heavy atom. The lowest BCUT2D eigenvalue weighted by Gasteiger charge is -2.22. The van der Waals surface area contributed by atoms with E-state index in [-0.39, 0.29) is 12.5 Å². The number of benzene rings is 2. The summed E-state index contributed by atoms with van der Waals surface area (Å²) in [6, 6.07) is 17.6. The van der Waals surface area contributed by atoms with Crippen molar-refractivity contribution in [3.05, 3.63) is 72.6 Å². The molecule has 142 valence electrons. The third-order valence-electron chi connectivity index (χ3n) is 4.63. The zero-order valence-corrected chi connectivity index (χ0v) is 15.9. The van der Waals surface area contributed by atoms with Crippen LogP contribution in [0.5, 0.6) is 0 Å². The summed E-state index contributed by atoms with van der Waals surface area (Å²) in [5.74, 6) is 1.30. The molecule has 0 aliphatic carbocycles.